The number of amides is 1. The second-order valence-electron chi connectivity index (χ2n) is 2.89. The summed E-state index contributed by atoms with van der Waals surface area (Å²) in [6, 6.07) is 5.64. The molecule has 0 saturated carbocycles. The van der Waals surface area contributed by atoms with E-state index in [0.29, 0.717) is 5.56 Å². The zero-order valence-electron chi connectivity index (χ0n) is 7.92. The Bertz CT molecular complexity index is 321. The smallest absolute Gasteiger partial charge is 0.251 e. The monoisotopic (exact) mass is 178 g/mol. The van der Waals surface area contributed by atoms with Gasteiger partial charge in [0.25, 0.3) is 5.91 Å². The molecule has 1 aromatic rings. The summed E-state index contributed by atoms with van der Waals surface area (Å²) in [4.78, 5) is 11.1. The number of rotatable bonds is 3. The van der Waals surface area contributed by atoms with Crippen LogP contribution in [0.4, 0.5) is 5.69 Å². The first-order chi connectivity index (χ1) is 6.16. The molecule has 0 spiro atoms. The van der Waals surface area contributed by atoms with Gasteiger partial charge in [-0.3, -0.25) is 4.79 Å². The lowest BCUT2D eigenvalue weighted by Gasteiger charge is -2.09. The Labute approximate surface area is 77.9 Å². The van der Waals surface area contributed by atoms with E-state index in [1.54, 1.807) is 0 Å². The van der Waals surface area contributed by atoms with Crippen molar-refractivity contribution in [2.75, 3.05) is 11.9 Å². The van der Waals surface area contributed by atoms with Gasteiger partial charge in [0.2, 0.25) is 0 Å². The average molecular weight is 178 g/mol. The minimum atomic E-state index is -0.381. The van der Waals surface area contributed by atoms with Crippen molar-refractivity contribution < 1.29 is 4.79 Å². The van der Waals surface area contributed by atoms with Crippen LogP contribution < -0.4 is 11.1 Å². The predicted molar refractivity (Wildman–Crippen MR) is 53.9 cm³/mol. The molecular weight excluding hydrogens is 164 g/mol. The van der Waals surface area contributed by atoms with Crippen LogP contribution in [0.25, 0.3) is 0 Å². The zero-order chi connectivity index (χ0) is 9.84. The minimum absolute atomic E-state index is 0.381. The Hall–Kier alpha value is -1.51. The van der Waals surface area contributed by atoms with Gasteiger partial charge in [-0.25, -0.2) is 0 Å². The zero-order valence-corrected chi connectivity index (χ0v) is 7.92. The van der Waals surface area contributed by atoms with Gasteiger partial charge >= 0.3 is 0 Å². The van der Waals surface area contributed by atoms with Crippen molar-refractivity contribution in [1.29, 1.82) is 0 Å². The van der Waals surface area contributed by atoms with E-state index in [0.717, 1.165) is 17.8 Å². The average Bonchev–Trinajstić information content (AvgIpc) is 2.04. The maximum Gasteiger partial charge on any atom is 0.251 e. The molecule has 0 aliphatic heterocycles. The van der Waals surface area contributed by atoms with E-state index in [1.807, 2.05) is 32.0 Å². The molecule has 0 unspecified atom stereocenters. The van der Waals surface area contributed by atoms with Crippen LogP contribution in [-0.4, -0.2) is 12.5 Å². The molecule has 0 aliphatic rings. The highest BCUT2D eigenvalue weighted by Gasteiger charge is 2.09. The van der Waals surface area contributed by atoms with Gasteiger partial charge in [-0.1, -0.05) is 12.1 Å². The molecule has 0 atom stereocenters. The van der Waals surface area contributed by atoms with Gasteiger partial charge in [-0.05, 0) is 25.5 Å². The molecule has 1 aromatic carbocycles. The number of anilines is 1. The van der Waals surface area contributed by atoms with Crippen molar-refractivity contribution in [3.8, 4) is 0 Å². The Balaban J connectivity index is 3.17. The van der Waals surface area contributed by atoms with Gasteiger partial charge in [0.1, 0.15) is 0 Å². The van der Waals surface area contributed by atoms with Crippen LogP contribution in [0.2, 0.25) is 0 Å². The van der Waals surface area contributed by atoms with E-state index >= 15 is 0 Å². The summed E-state index contributed by atoms with van der Waals surface area (Å²) in [6.45, 7) is 4.64. The van der Waals surface area contributed by atoms with E-state index in [2.05, 4.69) is 5.32 Å². The Kier molecular flexibility index (Phi) is 2.90. The van der Waals surface area contributed by atoms with Gasteiger partial charge < -0.3 is 11.1 Å². The van der Waals surface area contributed by atoms with E-state index in [1.165, 1.54) is 0 Å². The van der Waals surface area contributed by atoms with Crippen molar-refractivity contribution in [3.05, 3.63) is 29.3 Å². The van der Waals surface area contributed by atoms with Gasteiger partial charge in [0.05, 0.1) is 5.56 Å². The Morgan fingerprint density at radius 2 is 2.23 bits per heavy atom. The van der Waals surface area contributed by atoms with Crippen LogP contribution in [0.1, 0.15) is 22.8 Å². The first-order valence-corrected chi connectivity index (χ1v) is 4.30. The van der Waals surface area contributed by atoms with Crippen molar-refractivity contribution in [2.24, 2.45) is 5.73 Å². The van der Waals surface area contributed by atoms with Crippen LogP contribution in [-0.2, 0) is 0 Å². The molecule has 3 N–H and O–H groups in total. The van der Waals surface area contributed by atoms with Crippen LogP contribution in [0, 0.1) is 6.92 Å². The fourth-order valence-electron chi connectivity index (χ4n) is 1.33. The number of primary amides is 1. The van der Waals surface area contributed by atoms with E-state index in [-0.39, 0.29) is 5.91 Å². The van der Waals surface area contributed by atoms with Gasteiger partial charge in [-0.15, -0.1) is 0 Å². The molecular formula is C10H14N2O. The third-order valence-corrected chi connectivity index (χ3v) is 1.89. The van der Waals surface area contributed by atoms with Crippen molar-refractivity contribution in [3.63, 3.8) is 0 Å². The molecule has 0 aromatic heterocycles. The van der Waals surface area contributed by atoms with Crippen LogP contribution >= 0.6 is 0 Å². The third kappa shape index (κ3) is 1.99. The second kappa shape index (κ2) is 3.94. The summed E-state index contributed by atoms with van der Waals surface area (Å²) in [6.07, 6.45) is 0. The van der Waals surface area contributed by atoms with Crippen molar-refractivity contribution in [1.82, 2.24) is 0 Å². The highest BCUT2D eigenvalue weighted by Crippen LogP contribution is 2.18. The maximum absolute atomic E-state index is 11.1. The van der Waals surface area contributed by atoms with E-state index < -0.39 is 0 Å². The molecule has 0 heterocycles. The lowest BCUT2D eigenvalue weighted by Crippen LogP contribution is -2.15. The van der Waals surface area contributed by atoms with Crippen LogP contribution in [0.3, 0.4) is 0 Å². The third-order valence-electron chi connectivity index (χ3n) is 1.89. The maximum atomic E-state index is 11.1. The quantitative estimate of drug-likeness (QED) is 0.737. The molecule has 0 radical (unpaired) electrons. The summed E-state index contributed by atoms with van der Waals surface area (Å²) in [5, 5.41) is 3.10. The molecule has 0 aliphatic carbocycles. The summed E-state index contributed by atoms with van der Waals surface area (Å²) in [5.41, 5.74) is 7.58. The first kappa shape index (κ1) is 9.58. The number of aryl methyl sites for hydroxylation is 1. The molecule has 0 bridgehead atoms. The largest absolute Gasteiger partial charge is 0.385 e. The second-order valence-corrected chi connectivity index (χ2v) is 2.89. The van der Waals surface area contributed by atoms with Crippen LogP contribution in [0.5, 0.6) is 0 Å². The first-order valence-electron chi connectivity index (χ1n) is 4.30. The lowest BCUT2D eigenvalue weighted by atomic mass is 10.1. The molecule has 3 heteroatoms. The molecule has 1 rings (SSSR count). The summed E-state index contributed by atoms with van der Waals surface area (Å²) in [5.74, 6) is -0.381. The van der Waals surface area contributed by atoms with Gasteiger partial charge in [0, 0.05) is 12.2 Å². The molecule has 0 fully saturated rings. The topological polar surface area (TPSA) is 55.1 Å². The molecule has 1 amide bonds. The number of carbonyl (C=O) groups excluding carboxylic acids is 1. The van der Waals surface area contributed by atoms with Gasteiger partial charge in [0.15, 0.2) is 0 Å². The SMILES string of the molecule is CCNc1cccc(C)c1C(N)=O. The highest BCUT2D eigenvalue weighted by molar-refractivity contribution is 5.99. The number of hydrogen-bond donors (Lipinski definition) is 2. The number of benzene rings is 1. The van der Waals surface area contributed by atoms with Gasteiger partial charge in [-0.2, -0.15) is 0 Å². The molecule has 0 saturated heterocycles. The highest BCUT2D eigenvalue weighted by atomic mass is 16.1. The normalized spacial score (nSPS) is 9.69. The lowest BCUT2D eigenvalue weighted by molar-refractivity contribution is 0.100. The fourth-order valence-corrected chi connectivity index (χ4v) is 1.33. The number of hydrogen-bond acceptors (Lipinski definition) is 2. The van der Waals surface area contributed by atoms with Crippen LogP contribution in [0.15, 0.2) is 18.2 Å². The summed E-state index contributed by atoms with van der Waals surface area (Å²) in [7, 11) is 0. The number of nitrogens with one attached hydrogen (secondary N) is 1. The molecule has 70 valence electrons. The predicted octanol–water partition coefficient (Wildman–Crippen LogP) is 1.53. The minimum Gasteiger partial charge on any atom is -0.385 e. The summed E-state index contributed by atoms with van der Waals surface area (Å²) < 4.78 is 0. The standard InChI is InChI=1S/C10H14N2O/c1-3-12-8-6-4-5-7(2)9(8)10(11)13/h4-6,12H,3H2,1-2H3,(H2,11,13). The van der Waals surface area contributed by atoms with E-state index in [4.69, 9.17) is 5.73 Å². The fraction of sp³-hybridized carbons (Fsp3) is 0.300. The summed E-state index contributed by atoms with van der Waals surface area (Å²) >= 11 is 0. The van der Waals surface area contributed by atoms with Crippen molar-refractivity contribution in [2.45, 2.75) is 13.8 Å². The van der Waals surface area contributed by atoms with Crippen molar-refractivity contribution >= 4 is 11.6 Å². The molecule has 3 nitrogen and oxygen atoms in total. The number of carbonyl (C=O) groups is 1. The number of nitrogens with two attached hydrogens (primary N) is 1. The Morgan fingerprint density at radius 1 is 1.54 bits per heavy atom. The Morgan fingerprint density at radius 3 is 2.77 bits per heavy atom. The van der Waals surface area contributed by atoms with E-state index in [9.17, 15) is 4.79 Å². The molecule has 13 heavy (non-hydrogen) atoms.